The van der Waals surface area contributed by atoms with Crippen molar-refractivity contribution in [3.63, 3.8) is 0 Å². The summed E-state index contributed by atoms with van der Waals surface area (Å²) < 4.78 is 10.4. The molecule has 0 aliphatic rings. The van der Waals surface area contributed by atoms with E-state index in [1.54, 1.807) is 32.4 Å². The maximum absolute atomic E-state index is 12.2. The molecular weight excluding hydrogens is 354 g/mol. The van der Waals surface area contributed by atoms with Crippen LogP contribution in [-0.4, -0.2) is 23.9 Å². The summed E-state index contributed by atoms with van der Waals surface area (Å²) in [5.74, 6) is 0.925. The van der Waals surface area contributed by atoms with E-state index >= 15 is 0 Å². The normalized spacial score (nSPS) is 10.4. The molecule has 8 heteroatoms. The second kappa shape index (κ2) is 7.40. The number of methoxy groups -OCH3 is 1. The molecule has 7 nitrogen and oxygen atoms in total. The standard InChI is InChI=1S/C18H17N3O4S/c1-10-8-14(11(2)25-10)16(22)20-21-17(23)15-9-26-18(19-15)12-4-6-13(24-3)7-5-12/h4-9H,1-3H3,(H,20,22)(H,21,23). The lowest BCUT2D eigenvalue weighted by atomic mass is 10.2. The zero-order valence-corrected chi connectivity index (χ0v) is 15.3. The maximum Gasteiger partial charge on any atom is 0.289 e. The number of hydrogen-bond acceptors (Lipinski definition) is 6. The number of nitrogens with zero attached hydrogens (tertiary/aromatic N) is 1. The molecule has 1 aromatic carbocycles. The number of amides is 2. The number of nitrogens with one attached hydrogen (secondary N) is 2. The van der Waals surface area contributed by atoms with Gasteiger partial charge in [-0.25, -0.2) is 4.98 Å². The Kier molecular flexibility index (Phi) is 5.04. The molecule has 3 aromatic rings. The van der Waals surface area contributed by atoms with E-state index in [2.05, 4.69) is 15.8 Å². The van der Waals surface area contributed by atoms with Crippen LogP contribution >= 0.6 is 11.3 Å². The molecule has 2 aromatic heterocycles. The van der Waals surface area contributed by atoms with Gasteiger partial charge in [-0.15, -0.1) is 11.3 Å². The van der Waals surface area contributed by atoms with Crippen LogP contribution in [-0.2, 0) is 0 Å². The lowest BCUT2D eigenvalue weighted by Crippen LogP contribution is -2.41. The van der Waals surface area contributed by atoms with Crippen molar-refractivity contribution in [1.82, 2.24) is 15.8 Å². The van der Waals surface area contributed by atoms with E-state index in [4.69, 9.17) is 9.15 Å². The van der Waals surface area contributed by atoms with Crippen molar-refractivity contribution < 1.29 is 18.7 Å². The molecule has 0 atom stereocenters. The molecule has 2 N–H and O–H groups in total. The van der Waals surface area contributed by atoms with E-state index in [0.717, 1.165) is 11.3 Å². The first kappa shape index (κ1) is 17.7. The van der Waals surface area contributed by atoms with Gasteiger partial charge in [-0.05, 0) is 44.2 Å². The highest BCUT2D eigenvalue weighted by Crippen LogP contribution is 2.25. The molecule has 0 spiro atoms. The van der Waals surface area contributed by atoms with E-state index in [1.165, 1.54) is 11.3 Å². The third-order valence-electron chi connectivity index (χ3n) is 3.65. The number of thiazole rings is 1. The van der Waals surface area contributed by atoms with Crippen LogP contribution in [0.25, 0.3) is 10.6 Å². The molecule has 3 rings (SSSR count). The Balaban J connectivity index is 1.64. The Labute approximate surface area is 154 Å². The van der Waals surface area contributed by atoms with Crippen LogP contribution in [0, 0.1) is 13.8 Å². The van der Waals surface area contributed by atoms with E-state index in [1.807, 2.05) is 24.3 Å². The largest absolute Gasteiger partial charge is 0.497 e. The number of hydrazine groups is 1. The van der Waals surface area contributed by atoms with Crippen LogP contribution in [0.5, 0.6) is 5.75 Å². The summed E-state index contributed by atoms with van der Waals surface area (Å²) in [5.41, 5.74) is 6.20. The topological polar surface area (TPSA) is 93.5 Å². The fourth-order valence-corrected chi connectivity index (χ4v) is 3.15. The summed E-state index contributed by atoms with van der Waals surface area (Å²) in [6, 6.07) is 9.00. The Morgan fingerprint density at radius 1 is 1.12 bits per heavy atom. The minimum atomic E-state index is -0.493. The predicted octanol–water partition coefficient (Wildman–Crippen LogP) is 3.10. The average molecular weight is 371 g/mol. The number of aromatic nitrogens is 1. The van der Waals surface area contributed by atoms with Crippen molar-refractivity contribution in [2.24, 2.45) is 0 Å². The van der Waals surface area contributed by atoms with Crippen LogP contribution in [0.1, 0.15) is 32.4 Å². The summed E-state index contributed by atoms with van der Waals surface area (Å²) in [4.78, 5) is 28.6. The second-order valence-electron chi connectivity index (χ2n) is 5.50. The number of aryl methyl sites for hydroxylation is 2. The van der Waals surface area contributed by atoms with Crippen LogP contribution in [0.2, 0.25) is 0 Å². The number of hydrogen-bond donors (Lipinski definition) is 2. The third kappa shape index (κ3) is 3.75. The first-order valence-corrected chi connectivity index (χ1v) is 8.63. The van der Waals surface area contributed by atoms with Crippen molar-refractivity contribution >= 4 is 23.2 Å². The Bertz CT molecular complexity index is 944. The summed E-state index contributed by atoms with van der Waals surface area (Å²) in [5, 5.41) is 2.33. The van der Waals surface area contributed by atoms with Gasteiger partial charge in [0.1, 0.15) is 28.0 Å². The number of rotatable bonds is 4. The molecule has 26 heavy (non-hydrogen) atoms. The van der Waals surface area contributed by atoms with Crippen molar-refractivity contribution in [1.29, 1.82) is 0 Å². The quantitative estimate of drug-likeness (QED) is 0.688. The van der Waals surface area contributed by atoms with Crippen molar-refractivity contribution in [3.05, 3.63) is 58.5 Å². The Hall–Kier alpha value is -3.13. The molecule has 0 aliphatic carbocycles. The van der Waals surface area contributed by atoms with Gasteiger partial charge in [0.2, 0.25) is 0 Å². The average Bonchev–Trinajstić information content (AvgIpc) is 3.26. The summed E-state index contributed by atoms with van der Waals surface area (Å²) in [7, 11) is 1.60. The summed E-state index contributed by atoms with van der Waals surface area (Å²) in [6.07, 6.45) is 0. The van der Waals surface area contributed by atoms with Gasteiger partial charge >= 0.3 is 0 Å². The lowest BCUT2D eigenvalue weighted by molar-refractivity contribution is 0.0843. The van der Waals surface area contributed by atoms with Gasteiger partial charge in [-0.1, -0.05) is 0 Å². The summed E-state index contributed by atoms with van der Waals surface area (Å²) >= 11 is 1.34. The molecule has 0 saturated carbocycles. The highest BCUT2D eigenvalue weighted by molar-refractivity contribution is 7.13. The van der Waals surface area contributed by atoms with E-state index in [-0.39, 0.29) is 5.69 Å². The Morgan fingerprint density at radius 3 is 2.42 bits per heavy atom. The third-order valence-corrected chi connectivity index (χ3v) is 4.54. The molecule has 134 valence electrons. The maximum atomic E-state index is 12.2. The van der Waals surface area contributed by atoms with Crippen LogP contribution < -0.4 is 15.6 Å². The smallest absolute Gasteiger partial charge is 0.289 e. The van der Waals surface area contributed by atoms with Crippen LogP contribution in [0.3, 0.4) is 0 Å². The molecule has 2 amide bonds. The first-order valence-electron chi connectivity index (χ1n) is 7.75. The minimum absolute atomic E-state index is 0.223. The fourth-order valence-electron chi connectivity index (χ4n) is 2.35. The highest BCUT2D eigenvalue weighted by atomic mass is 32.1. The number of furan rings is 1. The van der Waals surface area contributed by atoms with Crippen molar-refractivity contribution in [2.45, 2.75) is 13.8 Å². The lowest BCUT2D eigenvalue weighted by Gasteiger charge is -2.05. The van der Waals surface area contributed by atoms with E-state index in [0.29, 0.717) is 22.1 Å². The monoisotopic (exact) mass is 371 g/mol. The number of ether oxygens (including phenoxy) is 1. The minimum Gasteiger partial charge on any atom is -0.497 e. The van der Waals surface area contributed by atoms with Gasteiger partial charge in [0, 0.05) is 10.9 Å². The van der Waals surface area contributed by atoms with Crippen LogP contribution in [0.15, 0.2) is 40.1 Å². The molecule has 0 saturated heterocycles. The number of carbonyl (C=O) groups is 2. The van der Waals surface area contributed by atoms with Crippen molar-refractivity contribution in [2.75, 3.05) is 7.11 Å². The van der Waals surface area contributed by atoms with E-state index in [9.17, 15) is 9.59 Å². The van der Waals surface area contributed by atoms with Gasteiger partial charge in [0.25, 0.3) is 11.8 Å². The Morgan fingerprint density at radius 2 is 1.81 bits per heavy atom. The van der Waals surface area contributed by atoms with E-state index < -0.39 is 11.8 Å². The molecule has 0 unspecified atom stereocenters. The van der Waals surface area contributed by atoms with Crippen LogP contribution in [0.4, 0.5) is 0 Å². The SMILES string of the molecule is COc1ccc(-c2nc(C(=O)NNC(=O)c3cc(C)oc3C)cs2)cc1. The van der Waals surface area contributed by atoms with Gasteiger partial charge in [-0.2, -0.15) is 0 Å². The molecule has 0 aliphatic heterocycles. The van der Waals surface area contributed by atoms with Gasteiger partial charge in [0.15, 0.2) is 0 Å². The molecular formula is C18H17N3O4S. The second-order valence-corrected chi connectivity index (χ2v) is 6.36. The van der Waals surface area contributed by atoms with Gasteiger partial charge in [-0.3, -0.25) is 20.4 Å². The zero-order valence-electron chi connectivity index (χ0n) is 14.5. The predicted molar refractivity (Wildman–Crippen MR) is 97.2 cm³/mol. The fraction of sp³-hybridized carbons (Fsp3) is 0.167. The molecule has 0 fully saturated rings. The first-order chi connectivity index (χ1) is 12.5. The molecule has 2 heterocycles. The molecule has 0 radical (unpaired) electrons. The number of carbonyl (C=O) groups excluding carboxylic acids is 2. The summed E-state index contributed by atoms with van der Waals surface area (Å²) in [6.45, 7) is 3.43. The molecule has 0 bridgehead atoms. The van der Waals surface area contributed by atoms with Crippen molar-refractivity contribution in [3.8, 4) is 16.3 Å². The zero-order chi connectivity index (χ0) is 18.7. The van der Waals surface area contributed by atoms with Gasteiger partial charge < -0.3 is 9.15 Å². The number of benzene rings is 1. The van der Waals surface area contributed by atoms with Gasteiger partial charge in [0.05, 0.1) is 12.7 Å². The highest BCUT2D eigenvalue weighted by Gasteiger charge is 2.16.